The average molecular weight is 215 g/mol. The van der Waals surface area contributed by atoms with Crippen LogP contribution in [0.1, 0.15) is 5.56 Å². The van der Waals surface area contributed by atoms with E-state index in [-0.39, 0.29) is 5.75 Å². The molecule has 0 bridgehead atoms. The van der Waals surface area contributed by atoms with E-state index in [0.717, 1.165) is 5.56 Å². The van der Waals surface area contributed by atoms with Crippen molar-refractivity contribution in [3.05, 3.63) is 54.1 Å². The van der Waals surface area contributed by atoms with Gasteiger partial charge in [-0.15, -0.1) is 0 Å². The van der Waals surface area contributed by atoms with Crippen molar-refractivity contribution in [2.24, 2.45) is 4.99 Å². The first-order chi connectivity index (χ1) is 7.75. The number of phenols is 1. The van der Waals surface area contributed by atoms with Crippen LogP contribution in [0.4, 0.5) is 0 Å². The Balaban J connectivity index is 2.06. The number of aliphatic hydroxyl groups excluding tert-OH is 1. The summed E-state index contributed by atoms with van der Waals surface area (Å²) in [4.78, 5) is 4.31. The molecule has 16 heavy (non-hydrogen) atoms. The number of allylic oxidation sites excluding steroid dienone is 2. The third-order valence-electron chi connectivity index (χ3n) is 2.36. The minimum absolute atomic E-state index is 0.247. The molecule has 0 spiro atoms. The third-order valence-corrected chi connectivity index (χ3v) is 2.36. The SMILES string of the molecule is Oc1ccc(CN=C2C=CC=CC2O)cc1. The molecule has 1 aromatic rings. The van der Waals surface area contributed by atoms with Gasteiger partial charge >= 0.3 is 0 Å². The zero-order valence-electron chi connectivity index (χ0n) is 8.74. The first-order valence-corrected chi connectivity index (χ1v) is 5.11. The van der Waals surface area contributed by atoms with Crippen molar-refractivity contribution in [1.29, 1.82) is 0 Å². The molecule has 0 heterocycles. The van der Waals surface area contributed by atoms with Gasteiger partial charge in [-0.1, -0.05) is 30.4 Å². The number of aromatic hydroxyl groups is 1. The highest BCUT2D eigenvalue weighted by Crippen LogP contribution is 2.11. The monoisotopic (exact) mass is 215 g/mol. The lowest BCUT2D eigenvalue weighted by molar-refractivity contribution is 0.289. The summed E-state index contributed by atoms with van der Waals surface area (Å²) in [5.74, 6) is 0.247. The summed E-state index contributed by atoms with van der Waals surface area (Å²) in [5, 5.41) is 18.7. The van der Waals surface area contributed by atoms with Crippen LogP contribution in [0.25, 0.3) is 0 Å². The summed E-state index contributed by atoms with van der Waals surface area (Å²) in [6.45, 7) is 0.505. The fourth-order valence-corrected chi connectivity index (χ4v) is 1.45. The quantitative estimate of drug-likeness (QED) is 0.790. The lowest BCUT2D eigenvalue weighted by Crippen LogP contribution is -2.17. The molecule has 1 aliphatic rings. The molecule has 0 aromatic heterocycles. The fraction of sp³-hybridized carbons (Fsp3) is 0.154. The van der Waals surface area contributed by atoms with Crippen molar-refractivity contribution in [1.82, 2.24) is 0 Å². The van der Waals surface area contributed by atoms with Crippen molar-refractivity contribution in [2.75, 3.05) is 0 Å². The van der Waals surface area contributed by atoms with Crippen molar-refractivity contribution >= 4 is 5.71 Å². The molecule has 1 aromatic carbocycles. The number of aliphatic hydroxyl groups is 1. The topological polar surface area (TPSA) is 52.8 Å². The number of benzene rings is 1. The second-order valence-electron chi connectivity index (χ2n) is 3.60. The Bertz CT molecular complexity index is 444. The molecule has 3 heteroatoms. The van der Waals surface area contributed by atoms with Gasteiger partial charge in [-0.3, -0.25) is 4.99 Å². The van der Waals surface area contributed by atoms with Crippen LogP contribution >= 0.6 is 0 Å². The van der Waals surface area contributed by atoms with E-state index in [9.17, 15) is 5.11 Å². The zero-order chi connectivity index (χ0) is 11.4. The van der Waals surface area contributed by atoms with E-state index in [1.54, 1.807) is 30.4 Å². The number of rotatable bonds is 2. The van der Waals surface area contributed by atoms with Gasteiger partial charge in [0, 0.05) is 0 Å². The minimum Gasteiger partial charge on any atom is -0.508 e. The van der Waals surface area contributed by atoms with Crippen molar-refractivity contribution in [3.63, 3.8) is 0 Å². The largest absolute Gasteiger partial charge is 0.508 e. The average Bonchev–Trinajstić information content (AvgIpc) is 2.30. The Morgan fingerprint density at radius 3 is 2.56 bits per heavy atom. The Hall–Kier alpha value is -1.87. The molecule has 1 unspecified atom stereocenters. The molecule has 1 aliphatic carbocycles. The number of hydrogen-bond acceptors (Lipinski definition) is 3. The van der Waals surface area contributed by atoms with E-state index in [0.29, 0.717) is 12.3 Å². The molecule has 0 radical (unpaired) electrons. The molecule has 0 aliphatic heterocycles. The molecule has 0 amide bonds. The smallest absolute Gasteiger partial charge is 0.115 e. The Morgan fingerprint density at radius 1 is 1.12 bits per heavy atom. The van der Waals surface area contributed by atoms with Crippen molar-refractivity contribution < 1.29 is 10.2 Å². The number of hydrogen-bond donors (Lipinski definition) is 2. The number of nitrogens with zero attached hydrogens (tertiary/aromatic N) is 1. The molecule has 0 fully saturated rings. The van der Waals surface area contributed by atoms with E-state index in [1.165, 1.54) is 0 Å². The van der Waals surface area contributed by atoms with Gasteiger partial charge in [-0.05, 0) is 23.8 Å². The highest BCUT2D eigenvalue weighted by atomic mass is 16.3. The van der Waals surface area contributed by atoms with E-state index < -0.39 is 6.10 Å². The van der Waals surface area contributed by atoms with Crippen LogP contribution in [0.15, 0.2) is 53.6 Å². The fourth-order valence-electron chi connectivity index (χ4n) is 1.45. The maximum atomic E-state index is 9.58. The summed E-state index contributed by atoms with van der Waals surface area (Å²) in [7, 11) is 0. The maximum absolute atomic E-state index is 9.58. The summed E-state index contributed by atoms with van der Waals surface area (Å²) in [6.07, 6.45) is 6.52. The van der Waals surface area contributed by atoms with Crippen molar-refractivity contribution in [2.45, 2.75) is 12.6 Å². The summed E-state index contributed by atoms with van der Waals surface area (Å²) >= 11 is 0. The third kappa shape index (κ3) is 2.58. The molecule has 2 N–H and O–H groups in total. The highest BCUT2D eigenvalue weighted by molar-refractivity contribution is 6.00. The molecule has 0 saturated heterocycles. The van der Waals surface area contributed by atoms with Gasteiger partial charge in [0.2, 0.25) is 0 Å². The van der Waals surface area contributed by atoms with E-state index >= 15 is 0 Å². The lowest BCUT2D eigenvalue weighted by Gasteiger charge is -2.09. The standard InChI is InChI=1S/C13H13NO2/c15-11-7-5-10(6-8-11)9-14-12-3-1-2-4-13(12)16/h1-8,13,15-16H,9H2. The summed E-state index contributed by atoms with van der Waals surface area (Å²) in [5.41, 5.74) is 1.66. The van der Waals surface area contributed by atoms with Gasteiger partial charge in [-0.2, -0.15) is 0 Å². The van der Waals surface area contributed by atoms with E-state index in [2.05, 4.69) is 4.99 Å². The van der Waals surface area contributed by atoms with Crippen LogP contribution in [0.2, 0.25) is 0 Å². The van der Waals surface area contributed by atoms with E-state index in [1.807, 2.05) is 18.2 Å². The molecular weight excluding hydrogens is 202 g/mol. The van der Waals surface area contributed by atoms with Crippen molar-refractivity contribution in [3.8, 4) is 5.75 Å². The van der Waals surface area contributed by atoms with Crippen LogP contribution in [-0.2, 0) is 6.54 Å². The molecule has 0 saturated carbocycles. The van der Waals surface area contributed by atoms with Crippen LogP contribution in [0, 0.1) is 0 Å². The van der Waals surface area contributed by atoms with Gasteiger partial charge in [-0.25, -0.2) is 0 Å². The molecule has 3 nitrogen and oxygen atoms in total. The predicted molar refractivity (Wildman–Crippen MR) is 63.5 cm³/mol. The van der Waals surface area contributed by atoms with Crippen LogP contribution in [-0.4, -0.2) is 22.0 Å². The van der Waals surface area contributed by atoms with Gasteiger partial charge in [0.15, 0.2) is 0 Å². The maximum Gasteiger partial charge on any atom is 0.115 e. The lowest BCUT2D eigenvalue weighted by atomic mass is 10.1. The van der Waals surface area contributed by atoms with Gasteiger partial charge in [0.1, 0.15) is 11.9 Å². The molecule has 82 valence electrons. The summed E-state index contributed by atoms with van der Waals surface area (Å²) in [6, 6.07) is 6.88. The molecule has 1 atom stereocenters. The normalized spacial score (nSPS) is 21.6. The Kier molecular flexibility index (Phi) is 3.17. The Labute approximate surface area is 94.1 Å². The van der Waals surface area contributed by atoms with Crippen LogP contribution < -0.4 is 0 Å². The predicted octanol–water partition coefficient (Wildman–Crippen LogP) is 1.82. The number of phenolic OH excluding ortho intramolecular Hbond substituents is 1. The van der Waals surface area contributed by atoms with Gasteiger partial charge in [0.25, 0.3) is 0 Å². The first kappa shape index (κ1) is 10.6. The second-order valence-corrected chi connectivity index (χ2v) is 3.60. The molecule has 2 rings (SSSR count). The van der Waals surface area contributed by atoms with Gasteiger partial charge in [0.05, 0.1) is 12.3 Å². The Morgan fingerprint density at radius 2 is 1.88 bits per heavy atom. The van der Waals surface area contributed by atoms with E-state index in [4.69, 9.17) is 5.11 Å². The minimum atomic E-state index is -0.609. The molecular formula is C13H13NO2. The second kappa shape index (κ2) is 4.77. The van der Waals surface area contributed by atoms with Crippen LogP contribution in [0.3, 0.4) is 0 Å². The first-order valence-electron chi connectivity index (χ1n) is 5.11. The summed E-state index contributed by atoms with van der Waals surface area (Å²) < 4.78 is 0. The van der Waals surface area contributed by atoms with Gasteiger partial charge < -0.3 is 10.2 Å². The van der Waals surface area contributed by atoms with Crippen LogP contribution in [0.5, 0.6) is 5.75 Å². The number of aliphatic imine (C=N–C) groups is 1. The zero-order valence-corrected chi connectivity index (χ0v) is 8.74. The highest BCUT2D eigenvalue weighted by Gasteiger charge is 2.07.